The van der Waals surface area contributed by atoms with Gasteiger partial charge in [0, 0.05) is 25.1 Å². The summed E-state index contributed by atoms with van der Waals surface area (Å²) < 4.78 is 36.1. The van der Waals surface area contributed by atoms with Crippen LogP contribution >= 0.6 is 11.3 Å². The summed E-state index contributed by atoms with van der Waals surface area (Å²) in [5, 5.41) is 14.8. The third-order valence-electron chi connectivity index (χ3n) is 6.83. The number of likely N-dealkylation sites (tertiary alicyclic amines) is 1. The molecule has 1 fully saturated rings. The minimum absolute atomic E-state index is 0.0951. The number of halogens is 2. The van der Waals surface area contributed by atoms with Crippen molar-refractivity contribution in [3.8, 4) is 22.1 Å². The van der Waals surface area contributed by atoms with E-state index in [9.17, 15) is 18.4 Å². The molecule has 11 heteroatoms. The van der Waals surface area contributed by atoms with E-state index in [-0.39, 0.29) is 30.0 Å². The van der Waals surface area contributed by atoms with E-state index in [0.717, 1.165) is 39.7 Å². The molecule has 0 atom stereocenters. The number of aromatic carboxylic acids is 1. The normalized spacial score (nSPS) is 14.0. The van der Waals surface area contributed by atoms with Crippen LogP contribution in [0.25, 0.3) is 16.4 Å². The molecule has 0 spiro atoms. The van der Waals surface area contributed by atoms with Gasteiger partial charge in [-0.3, -0.25) is 4.79 Å². The summed E-state index contributed by atoms with van der Waals surface area (Å²) in [6.07, 6.45) is 3.03. The molecule has 39 heavy (non-hydrogen) atoms. The number of benzene rings is 1. The van der Waals surface area contributed by atoms with Crippen molar-refractivity contribution in [2.45, 2.75) is 38.7 Å². The van der Waals surface area contributed by atoms with Crippen LogP contribution in [0.2, 0.25) is 0 Å². The van der Waals surface area contributed by atoms with Gasteiger partial charge in [-0.2, -0.15) is 14.2 Å². The molecule has 1 aromatic carbocycles. The monoisotopic (exact) mass is 552 g/mol. The fraction of sp³-hybridized carbons (Fsp3) is 0.286. The first-order chi connectivity index (χ1) is 18.9. The second-order valence-corrected chi connectivity index (χ2v) is 10.1. The van der Waals surface area contributed by atoms with Gasteiger partial charge in [-0.05, 0) is 60.0 Å². The van der Waals surface area contributed by atoms with Crippen LogP contribution in [0.1, 0.15) is 53.6 Å². The van der Waals surface area contributed by atoms with E-state index in [1.165, 1.54) is 23.5 Å². The van der Waals surface area contributed by atoms with E-state index in [1.54, 1.807) is 18.2 Å². The summed E-state index contributed by atoms with van der Waals surface area (Å²) in [5.41, 5.74) is 1.65. The summed E-state index contributed by atoms with van der Waals surface area (Å²) in [7, 11) is 0. The minimum Gasteiger partial charge on any atom is -0.486 e. The molecular weight excluding hydrogens is 526 g/mol. The Morgan fingerprint density at radius 1 is 1.15 bits per heavy atom. The number of thiophene rings is 1. The standard InChI is InChI=1S/C28H26F2N4O4S/c1-2-25(35)33-11-8-17(9-12-33)18-6-7-23(21(29)14-18)38-16-19-10-13-39-26(19)22-4-3-5-24(32-22)34-27(30)20(15-31-34)28(36)37/h3-7,10,13-15,17H,2,8-9,11-12,16H2,1H3,(H,36,37). The number of ether oxygens (including phenoxy) is 1. The fourth-order valence-corrected chi connectivity index (χ4v) is 5.59. The molecule has 1 aliphatic rings. The third kappa shape index (κ3) is 5.53. The second-order valence-electron chi connectivity index (χ2n) is 9.21. The number of nitrogens with zero attached hydrogens (tertiary/aromatic N) is 4. The molecule has 1 aliphatic heterocycles. The van der Waals surface area contributed by atoms with Gasteiger partial charge in [-0.25, -0.2) is 14.2 Å². The first kappa shape index (κ1) is 26.5. The van der Waals surface area contributed by atoms with Crippen molar-refractivity contribution in [2.24, 2.45) is 0 Å². The van der Waals surface area contributed by atoms with Crippen molar-refractivity contribution < 1.29 is 28.2 Å². The average molecular weight is 553 g/mol. The molecule has 1 N–H and O–H groups in total. The van der Waals surface area contributed by atoms with Gasteiger partial charge in [0.15, 0.2) is 17.4 Å². The number of aromatic nitrogens is 3. The smallest absolute Gasteiger partial charge is 0.342 e. The minimum atomic E-state index is -1.42. The summed E-state index contributed by atoms with van der Waals surface area (Å²) in [6.45, 7) is 3.32. The maximum absolute atomic E-state index is 15.0. The molecule has 0 bridgehead atoms. The van der Waals surface area contributed by atoms with Crippen molar-refractivity contribution in [2.75, 3.05) is 13.1 Å². The zero-order valence-corrected chi connectivity index (χ0v) is 22.0. The SMILES string of the molecule is CCC(=O)N1CCC(c2ccc(OCc3ccsc3-c3cccc(-n4ncc(C(=O)O)c4F)n3)c(F)c2)CC1. The molecule has 3 aromatic heterocycles. The topological polar surface area (TPSA) is 97.6 Å². The first-order valence-electron chi connectivity index (χ1n) is 12.6. The molecule has 4 aromatic rings. The largest absolute Gasteiger partial charge is 0.486 e. The van der Waals surface area contributed by atoms with E-state index in [2.05, 4.69) is 10.1 Å². The van der Waals surface area contributed by atoms with Crippen molar-refractivity contribution in [1.29, 1.82) is 0 Å². The number of carboxylic acid groups (broad SMARTS) is 1. The van der Waals surface area contributed by atoms with E-state index in [4.69, 9.17) is 9.84 Å². The lowest BCUT2D eigenvalue weighted by atomic mass is 9.89. The zero-order valence-electron chi connectivity index (χ0n) is 21.1. The van der Waals surface area contributed by atoms with Gasteiger partial charge < -0.3 is 14.7 Å². The molecule has 1 amide bonds. The van der Waals surface area contributed by atoms with Crippen LogP contribution < -0.4 is 4.74 Å². The van der Waals surface area contributed by atoms with E-state index >= 15 is 0 Å². The molecule has 0 radical (unpaired) electrons. The average Bonchev–Trinajstić information content (AvgIpc) is 3.58. The number of rotatable bonds is 8. The van der Waals surface area contributed by atoms with Gasteiger partial charge in [-0.1, -0.05) is 19.1 Å². The van der Waals surface area contributed by atoms with Crippen LogP contribution in [0, 0.1) is 11.8 Å². The van der Waals surface area contributed by atoms with Gasteiger partial charge in [0.25, 0.3) is 0 Å². The molecule has 0 saturated carbocycles. The van der Waals surface area contributed by atoms with Crippen molar-refractivity contribution in [3.63, 3.8) is 0 Å². The Hall–Kier alpha value is -4.12. The summed E-state index contributed by atoms with van der Waals surface area (Å²) >= 11 is 1.40. The van der Waals surface area contributed by atoms with Crippen LogP contribution in [0.4, 0.5) is 8.78 Å². The first-order valence-corrected chi connectivity index (χ1v) is 13.4. The maximum Gasteiger partial charge on any atom is 0.342 e. The number of carbonyl (C=O) groups is 2. The predicted octanol–water partition coefficient (Wildman–Crippen LogP) is 5.67. The molecule has 1 saturated heterocycles. The van der Waals surface area contributed by atoms with E-state index in [1.807, 2.05) is 29.3 Å². The van der Waals surface area contributed by atoms with Crippen molar-refractivity contribution >= 4 is 23.2 Å². The highest BCUT2D eigenvalue weighted by atomic mass is 32.1. The third-order valence-corrected chi connectivity index (χ3v) is 7.81. The Morgan fingerprint density at radius 2 is 1.95 bits per heavy atom. The number of amides is 1. The molecule has 5 rings (SSSR count). The Morgan fingerprint density at radius 3 is 2.64 bits per heavy atom. The quantitative estimate of drug-likeness (QED) is 0.303. The van der Waals surface area contributed by atoms with Crippen LogP contribution in [-0.4, -0.2) is 49.7 Å². The van der Waals surface area contributed by atoms with Crippen molar-refractivity contribution in [3.05, 3.63) is 82.5 Å². The van der Waals surface area contributed by atoms with Gasteiger partial charge in [0.1, 0.15) is 12.2 Å². The Labute approximate surface area is 227 Å². The van der Waals surface area contributed by atoms with Gasteiger partial charge in [0.05, 0.1) is 16.8 Å². The van der Waals surface area contributed by atoms with Gasteiger partial charge in [-0.15, -0.1) is 11.3 Å². The Kier molecular flexibility index (Phi) is 7.69. The lowest BCUT2D eigenvalue weighted by Gasteiger charge is -2.32. The highest BCUT2D eigenvalue weighted by molar-refractivity contribution is 7.13. The van der Waals surface area contributed by atoms with Crippen molar-refractivity contribution in [1.82, 2.24) is 19.7 Å². The lowest BCUT2D eigenvalue weighted by Crippen LogP contribution is -2.37. The number of hydrogen-bond acceptors (Lipinski definition) is 6. The van der Waals surface area contributed by atoms with Crippen LogP contribution in [0.5, 0.6) is 5.75 Å². The Bertz CT molecular complexity index is 1510. The van der Waals surface area contributed by atoms with Gasteiger partial charge in [0.2, 0.25) is 11.9 Å². The highest BCUT2D eigenvalue weighted by Crippen LogP contribution is 2.33. The second kappa shape index (κ2) is 11.3. The molecule has 0 unspecified atom stereocenters. The van der Waals surface area contributed by atoms with E-state index in [0.29, 0.717) is 25.2 Å². The fourth-order valence-electron chi connectivity index (χ4n) is 4.71. The highest BCUT2D eigenvalue weighted by Gasteiger charge is 2.24. The number of piperidine rings is 1. The van der Waals surface area contributed by atoms with Crippen LogP contribution in [0.3, 0.4) is 0 Å². The summed E-state index contributed by atoms with van der Waals surface area (Å²) in [6, 6.07) is 11.8. The number of carboxylic acids is 1. The number of pyridine rings is 1. The molecule has 8 nitrogen and oxygen atoms in total. The maximum atomic E-state index is 15.0. The number of hydrogen-bond donors (Lipinski definition) is 1. The Balaban J connectivity index is 1.27. The molecule has 202 valence electrons. The lowest BCUT2D eigenvalue weighted by molar-refractivity contribution is -0.131. The summed E-state index contributed by atoms with van der Waals surface area (Å²) in [5.74, 6) is -2.26. The molecular formula is C28H26F2N4O4S. The van der Waals surface area contributed by atoms with E-state index < -0.39 is 23.3 Å². The zero-order chi connectivity index (χ0) is 27.5. The predicted molar refractivity (Wildman–Crippen MR) is 141 cm³/mol. The molecule has 4 heterocycles. The molecule has 0 aliphatic carbocycles. The van der Waals surface area contributed by atoms with Crippen LogP contribution in [-0.2, 0) is 11.4 Å². The van der Waals surface area contributed by atoms with Crippen LogP contribution in [0.15, 0.2) is 54.0 Å². The summed E-state index contributed by atoms with van der Waals surface area (Å²) in [4.78, 5) is 30.2. The number of carbonyl (C=O) groups excluding carboxylic acids is 1. The van der Waals surface area contributed by atoms with Gasteiger partial charge >= 0.3 is 5.97 Å².